The number of halogens is 5. The lowest BCUT2D eigenvalue weighted by molar-refractivity contribution is 0.368. The highest BCUT2D eigenvalue weighted by Gasteiger charge is 2.27. The molecule has 172 valence electrons. The molecule has 0 unspecified atom stereocenters. The van der Waals surface area contributed by atoms with E-state index in [1.165, 1.54) is 27.1 Å². The van der Waals surface area contributed by atoms with Crippen LogP contribution in [0.15, 0.2) is 32.7 Å². The zero-order chi connectivity index (χ0) is 24.1. The minimum absolute atomic E-state index is 0.00623. The van der Waals surface area contributed by atoms with Crippen LogP contribution in [0.25, 0.3) is 11.0 Å². The number of hydrogen-bond acceptors (Lipinski definition) is 4. The van der Waals surface area contributed by atoms with Crippen molar-refractivity contribution in [1.82, 2.24) is 13.4 Å². The molecule has 0 atom stereocenters. The first-order chi connectivity index (χ1) is 14.8. The van der Waals surface area contributed by atoms with Crippen LogP contribution in [0.3, 0.4) is 0 Å². The van der Waals surface area contributed by atoms with Gasteiger partial charge in [-0.1, -0.05) is 0 Å². The van der Waals surface area contributed by atoms with Crippen molar-refractivity contribution in [3.05, 3.63) is 73.6 Å². The smallest absolute Gasteiger partial charge is 0.302 e. The number of fused-ring (bicyclic) bond motifs is 1. The van der Waals surface area contributed by atoms with Crippen molar-refractivity contribution in [3.8, 4) is 0 Å². The monoisotopic (exact) mass is 477 g/mol. The van der Waals surface area contributed by atoms with Crippen molar-refractivity contribution in [2.45, 2.75) is 24.9 Å². The Morgan fingerprint density at radius 2 is 1.31 bits per heavy atom. The van der Waals surface area contributed by atoms with E-state index in [0.29, 0.717) is 4.57 Å². The second-order valence-corrected chi connectivity index (χ2v) is 9.08. The van der Waals surface area contributed by atoms with Gasteiger partial charge in [-0.25, -0.2) is 34.7 Å². The molecule has 0 aliphatic rings. The van der Waals surface area contributed by atoms with Crippen LogP contribution in [0.1, 0.15) is 12.5 Å². The Kier molecular flexibility index (Phi) is 6.00. The molecule has 0 saturated carbocycles. The van der Waals surface area contributed by atoms with Gasteiger partial charge in [-0.3, -0.25) is 14.2 Å². The molecule has 13 heteroatoms. The van der Waals surface area contributed by atoms with Crippen LogP contribution in [0.5, 0.6) is 0 Å². The summed E-state index contributed by atoms with van der Waals surface area (Å²) in [6.45, 7) is 0.319. The Morgan fingerprint density at radius 1 is 0.812 bits per heavy atom. The predicted molar refractivity (Wildman–Crippen MR) is 104 cm³/mol. The van der Waals surface area contributed by atoms with Gasteiger partial charge < -0.3 is 4.57 Å². The van der Waals surface area contributed by atoms with E-state index in [9.17, 15) is 40.0 Å². The highest BCUT2D eigenvalue weighted by atomic mass is 32.2. The molecule has 7 nitrogen and oxygen atoms in total. The van der Waals surface area contributed by atoms with Gasteiger partial charge in [0.2, 0.25) is 15.8 Å². The number of sulfonamides is 1. The van der Waals surface area contributed by atoms with E-state index < -0.39 is 62.3 Å². The number of rotatable bonds is 5. The van der Waals surface area contributed by atoms with Crippen molar-refractivity contribution in [2.24, 2.45) is 0 Å². The summed E-state index contributed by atoms with van der Waals surface area (Å²) in [6, 6.07) is 3.37. The lowest BCUT2D eigenvalue weighted by Gasteiger charge is -2.17. The first kappa shape index (κ1) is 23.6. The number of benzene rings is 2. The van der Waals surface area contributed by atoms with Gasteiger partial charge in [0, 0.05) is 26.2 Å². The molecule has 1 aromatic heterocycles. The SMILES string of the molecule is CCn1c(=O)c(=O)n(Cc2c(F)c(F)c(F)c(F)c2F)c2cc(S(=O)(=O)N(C)C)ccc21. The summed E-state index contributed by atoms with van der Waals surface area (Å²) in [4.78, 5) is 24.8. The average molecular weight is 477 g/mol. The van der Waals surface area contributed by atoms with Gasteiger partial charge in [-0.15, -0.1) is 0 Å². The minimum Gasteiger partial charge on any atom is -0.302 e. The van der Waals surface area contributed by atoms with E-state index in [0.717, 1.165) is 21.0 Å². The molecule has 2 aromatic carbocycles. The van der Waals surface area contributed by atoms with Gasteiger partial charge in [-0.05, 0) is 25.1 Å². The fourth-order valence-electron chi connectivity index (χ4n) is 3.19. The van der Waals surface area contributed by atoms with E-state index in [1.54, 1.807) is 0 Å². The molecular formula is C19H16F5N3O4S. The molecule has 0 spiro atoms. The van der Waals surface area contributed by atoms with Gasteiger partial charge in [-0.2, -0.15) is 0 Å². The summed E-state index contributed by atoms with van der Waals surface area (Å²) in [5, 5.41) is 0. The molecule has 0 bridgehead atoms. The van der Waals surface area contributed by atoms with Crippen LogP contribution in [-0.2, 0) is 23.1 Å². The molecule has 0 N–H and O–H groups in total. The fourth-order valence-corrected chi connectivity index (χ4v) is 4.11. The van der Waals surface area contributed by atoms with Gasteiger partial charge in [0.1, 0.15) is 0 Å². The third kappa shape index (κ3) is 3.50. The van der Waals surface area contributed by atoms with Crippen molar-refractivity contribution in [3.63, 3.8) is 0 Å². The highest BCUT2D eigenvalue weighted by molar-refractivity contribution is 7.89. The summed E-state index contributed by atoms with van der Waals surface area (Å²) in [5.74, 6) is -11.1. The molecule has 0 aliphatic carbocycles. The maximum atomic E-state index is 14.2. The van der Waals surface area contributed by atoms with Crippen molar-refractivity contribution in [2.75, 3.05) is 14.1 Å². The zero-order valence-corrected chi connectivity index (χ0v) is 17.7. The highest BCUT2D eigenvalue weighted by Crippen LogP contribution is 2.25. The van der Waals surface area contributed by atoms with Crippen LogP contribution < -0.4 is 11.1 Å². The van der Waals surface area contributed by atoms with Crippen LogP contribution in [0.4, 0.5) is 22.0 Å². The van der Waals surface area contributed by atoms with Crippen LogP contribution in [0.2, 0.25) is 0 Å². The molecule has 0 radical (unpaired) electrons. The summed E-state index contributed by atoms with van der Waals surface area (Å²) >= 11 is 0. The van der Waals surface area contributed by atoms with Gasteiger partial charge in [0.15, 0.2) is 23.3 Å². The number of aromatic nitrogens is 2. The van der Waals surface area contributed by atoms with Crippen LogP contribution in [0, 0.1) is 29.1 Å². The van der Waals surface area contributed by atoms with E-state index in [2.05, 4.69) is 0 Å². The Bertz CT molecular complexity index is 1450. The van der Waals surface area contributed by atoms with E-state index in [-0.39, 0.29) is 22.5 Å². The Morgan fingerprint density at radius 3 is 1.81 bits per heavy atom. The zero-order valence-electron chi connectivity index (χ0n) is 16.9. The predicted octanol–water partition coefficient (Wildman–Crippen LogP) is 2.18. The van der Waals surface area contributed by atoms with E-state index >= 15 is 0 Å². The maximum Gasteiger partial charge on any atom is 0.317 e. The fraction of sp³-hybridized carbons (Fsp3) is 0.263. The Labute approximate surface area is 178 Å². The minimum atomic E-state index is -4.02. The number of aryl methyl sites for hydroxylation is 1. The molecular weight excluding hydrogens is 461 g/mol. The molecule has 3 rings (SSSR count). The van der Waals surface area contributed by atoms with Crippen molar-refractivity contribution in [1.29, 1.82) is 0 Å². The third-order valence-electron chi connectivity index (χ3n) is 4.91. The lowest BCUT2D eigenvalue weighted by Crippen LogP contribution is -2.41. The molecule has 0 fully saturated rings. The average Bonchev–Trinajstić information content (AvgIpc) is 2.76. The first-order valence-corrected chi connectivity index (χ1v) is 10.5. The van der Waals surface area contributed by atoms with E-state index in [4.69, 9.17) is 0 Å². The normalized spacial score (nSPS) is 12.2. The second-order valence-electron chi connectivity index (χ2n) is 6.93. The molecule has 0 saturated heterocycles. The third-order valence-corrected chi connectivity index (χ3v) is 6.72. The van der Waals surface area contributed by atoms with Gasteiger partial charge >= 0.3 is 11.1 Å². The van der Waals surface area contributed by atoms with Crippen LogP contribution in [-0.4, -0.2) is 36.0 Å². The molecule has 0 amide bonds. The van der Waals surface area contributed by atoms with Gasteiger partial charge in [0.05, 0.1) is 22.5 Å². The quantitative estimate of drug-likeness (QED) is 0.244. The molecule has 1 heterocycles. The Hall–Kier alpha value is -3.06. The maximum absolute atomic E-state index is 14.2. The standard InChI is InChI=1S/C19H16F5N3O4S/c1-4-26-11-6-5-9(32(30,31)25(2)3)7-12(11)27(19(29)18(26)28)8-10-13(20)15(22)17(24)16(23)14(10)21/h5-7H,4,8H2,1-3H3. The number of hydrogen-bond donors (Lipinski definition) is 0. The van der Waals surface area contributed by atoms with Crippen LogP contribution >= 0.6 is 0 Å². The molecule has 3 aromatic rings. The van der Waals surface area contributed by atoms with Crippen molar-refractivity contribution < 1.29 is 30.4 Å². The largest absolute Gasteiger partial charge is 0.317 e. The summed E-state index contributed by atoms with van der Waals surface area (Å²) in [5.41, 5.74) is -4.02. The van der Waals surface area contributed by atoms with Gasteiger partial charge in [0.25, 0.3) is 0 Å². The summed E-state index contributed by atoms with van der Waals surface area (Å²) in [7, 11) is -1.53. The summed E-state index contributed by atoms with van der Waals surface area (Å²) < 4.78 is 96.4. The van der Waals surface area contributed by atoms with Crippen molar-refractivity contribution >= 4 is 21.1 Å². The molecule has 32 heavy (non-hydrogen) atoms. The first-order valence-electron chi connectivity index (χ1n) is 9.04. The Balaban J connectivity index is 2.43. The molecule has 0 aliphatic heterocycles. The second kappa shape index (κ2) is 8.13. The van der Waals surface area contributed by atoms with E-state index in [1.807, 2.05) is 0 Å². The number of nitrogens with zero attached hydrogens (tertiary/aromatic N) is 3. The topological polar surface area (TPSA) is 81.4 Å². The summed E-state index contributed by atoms with van der Waals surface area (Å²) in [6.07, 6.45) is 0. The lowest BCUT2D eigenvalue weighted by atomic mass is 10.1.